The number of nitrogens with zero attached hydrogens (tertiary/aromatic N) is 1. The minimum Gasteiger partial charge on any atom is -0.493 e. The van der Waals surface area contributed by atoms with E-state index in [1.165, 1.54) is 0 Å². The predicted molar refractivity (Wildman–Crippen MR) is 87.3 cm³/mol. The van der Waals surface area contributed by atoms with Gasteiger partial charge in [0, 0.05) is 11.9 Å². The molecular formula is C16H22N2O2S. The predicted octanol–water partition coefficient (Wildman–Crippen LogP) is 3.72. The highest BCUT2D eigenvalue weighted by Gasteiger charge is 2.14. The van der Waals surface area contributed by atoms with Crippen LogP contribution in [0.1, 0.15) is 26.0 Å². The van der Waals surface area contributed by atoms with Crippen molar-refractivity contribution in [3.05, 3.63) is 29.3 Å². The monoisotopic (exact) mass is 306 g/mol. The van der Waals surface area contributed by atoms with Crippen LogP contribution >= 0.6 is 11.3 Å². The smallest absolute Gasteiger partial charge is 0.171 e. The molecule has 1 heterocycles. The maximum absolute atomic E-state index is 5.75. The van der Waals surface area contributed by atoms with Crippen LogP contribution in [0.2, 0.25) is 0 Å². The zero-order valence-electron chi connectivity index (χ0n) is 12.8. The molecule has 0 fully saturated rings. The number of aromatic nitrogens is 1. The third-order valence-corrected chi connectivity index (χ3v) is 3.93. The minimum atomic E-state index is 0.601. The lowest BCUT2D eigenvalue weighted by Gasteiger charge is -2.12. The van der Waals surface area contributed by atoms with Crippen LogP contribution < -0.4 is 14.8 Å². The number of hydrogen-bond acceptors (Lipinski definition) is 5. The minimum absolute atomic E-state index is 0.601. The molecule has 0 saturated carbocycles. The summed E-state index contributed by atoms with van der Waals surface area (Å²) >= 11 is 1.63. The van der Waals surface area contributed by atoms with E-state index in [1.54, 1.807) is 18.4 Å². The van der Waals surface area contributed by atoms with E-state index in [4.69, 9.17) is 14.5 Å². The number of nitrogens with one attached hydrogen (secondary N) is 1. The van der Waals surface area contributed by atoms with Gasteiger partial charge in [-0.05, 0) is 32.0 Å². The summed E-state index contributed by atoms with van der Waals surface area (Å²) in [4.78, 5) is 4.69. The molecule has 0 atom stereocenters. The molecule has 1 aromatic carbocycles. The van der Waals surface area contributed by atoms with E-state index in [9.17, 15) is 0 Å². The Bertz CT molecular complexity index is 569. The van der Waals surface area contributed by atoms with Crippen LogP contribution in [0.25, 0.3) is 10.6 Å². The van der Waals surface area contributed by atoms with Crippen LogP contribution in [0.4, 0.5) is 0 Å². The fourth-order valence-electron chi connectivity index (χ4n) is 2.04. The molecule has 2 rings (SSSR count). The van der Waals surface area contributed by atoms with Crippen molar-refractivity contribution in [3.63, 3.8) is 0 Å². The molecule has 4 nitrogen and oxygen atoms in total. The van der Waals surface area contributed by atoms with Crippen molar-refractivity contribution < 1.29 is 9.47 Å². The van der Waals surface area contributed by atoms with Gasteiger partial charge in [-0.15, -0.1) is 11.3 Å². The first-order valence-electron chi connectivity index (χ1n) is 7.25. The quantitative estimate of drug-likeness (QED) is 0.755. The highest BCUT2D eigenvalue weighted by molar-refractivity contribution is 7.13. The molecule has 0 bridgehead atoms. The van der Waals surface area contributed by atoms with Gasteiger partial charge in [0.05, 0.1) is 25.0 Å². The normalized spacial score (nSPS) is 10.6. The van der Waals surface area contributed by atoms with Crippen molar-refractivity contribution in [2.75, 3.05) is 20.3 Å². The van der Waals surface area contributed by atoms with Crippen molar-refractivity contribution in [2.24, 2.45) is 0 Å². The van der Waals surface area contributed by atoms with Crippen molar-refractivity contribution >= 4 is 11.3 Å². The first kappa shape index (κ1) is 15.8. The van der Waals surface area contributed by atoms with Gasteiger partial charge < -0.3 is 14.8 Å². The van der Waals surface area contributed by atoms with Gasteiger partial charge in [0.2, 0.25) is 0 Å². The second kappa shape index (κ2) is 8.00. The molecule has 0 aliphatic heterocycles. The fraction of sp³-hybridized carbons (Fsp3) is 0.438. The Morgan fingerprint density at radius 2 is 2.14 bits per heavy atom. The van der Waals surface area contributed by atoms with Crippen LogP contribution in [-0.4, -0.2) is 25.2 Å². The number of benzene rings is 1. The Labute approximate surface area is 130 Å². The number of para-hydroxylation sites is 1. The number of rotatable bonds is 8. The standard InChI is InChI=1S/C16H22N2O2S/c1-4-9-17-10-12-11-21-16(18-12)13-7-6-8-14(19-3)15(13)20-5-2/h6-8,11,17H,4-5,9-10H2,1-3H3. The van der Waals surface area contributed by atoms with Crippen LogP contribution in [0.3, 0.4) is 0 Å². The molecule has 5 heteroatoms. The number of ether oxygens (including phenoxy) is 2. The first-order chi connectivity index (χ1) is 10.3. The van der Waals surface area contributed by atoms with E-state index in [1.807, 2.05) is 25.1 Å². The highest BCUT2D eigenvalue weighted by atomic mass is 32.1. The molecular weight excluding hydrogens is 284 g/mol. The summed E-state index contributed by atoms with van der Waals surface area (Å²) in [5, 5.41) is 6.42. The summed E-state index contributed by atoms with van der Waals surface area (Å²) in [6, 6.07) is 5.90. The molecule has 21 heavy (non-hydrogen) atoms. The maximum atomic E-state index is 5.75. The first-order valence-corrected chi connectivity index (χ1v) is 8.13. The Hall–Kier alpha value is -1.59. The number of methoxy groups -OCH3 is 1. The van der Waals surface area contributed by atoms with Gasteiger partial charge in [-0.1, -0.05) is 13.0 Å². The molecule has 0 spiro atoms. The lowest BCUT2D eigenvalue weighted by atomic mass is 10.2. The Morgan fingerprint density at radius 1 is 1.29 bits per heavy atom. The maximum Gasteiger partial charge on any atom is 0.171 e. The Balaban J connectivity index is 2.25. The van der Waals surface area contributed by atoms with E-state index in [0.29, 0.717) is 6.61 Å². The van der Waals surface area contributed by atoms with Gasteiger partial charge in [0.25, 0.3) is 0 Å². The molecule has 0 radical (unpaired) electrons. The van der Waals surface area contributed by atoms with E-state index in [-0.39, 0.29) is 0 Å². The summed E-state index contributed by atoms with van der Waals surface area (Å²) in [6.45, 7) is 6.54. The van der Waals surface area contributed by atoms with Crippen LogP contribution in [0.15, 0.2) is 23.6 Å². The molecule has 114 valence electrons. The molecule has 0 aliphatic rings. The Morgan fingerprint density at radius 3 is 2.86 bits per heavy atom. The molecule has 0 saturated heterocycles. The van der Waals surface area contributed by atoms with E-state index in [2.05, 4.69) is 17.6 Å². The zero-order valence-corrected chi connectivity index (χ0v) is 13.6. The highest BCUT2D eigenvalue weighted by Crippen LogP contribution is 2.39. The number of hydrogen-bond donors (Lipinski definition) is 1. The Kier molecular flexibility index (Phi) is 6.02. The molecule has 0 unspecified atom stereocenters. The average Bonchev–Trinajstić information content (AvgIpc) is 2.97. The van der Waals surface area contributed by atoms with Crippen molar-refractivity contribution in [1.29, 1.82) is 0 Å². The van der Waals surface area contributed by atoms with E-state index >= 15 is 0 Å². The fourth-order valence-corrected chi connectivity index (χ4v) is 2.88. The SMILES string of the molecule is CCCNCc1csc(-c2cccc(OC)c2OCC)n1. The van der Waals surface area contributed by atoms with Crippen LogP contribution in [0.5, 0.6) is 11.5 Å². The lowest BCUT2D eigenvalue weighted by Crippen LogP contribution is -2.13. The third-order valence-electron chi connectivity index (χ3n) is 3.00. The summed E-state index contributed by atoms with van der Waals surface area (Å²) in [5.74, 6) is 1.51. The van der Waals surface area contributed by atoms with Crippen molar-refractivity contribution in [1.82, 2.24) is 10.3 Å². The zero-order chi connectivity index (χ0) is 15.1. The lowest BCUT2D eigenvalue weighted by molar-refractivity contribution is 0.312. The van der Waals surface area contributed by atoms with E-state index < -0.39 is 0 Å². The summed E-state index contributed by atoms with van der Waals surface area (Å²) in [6.07, 6.45) is 1.13. The molecule has 0 aliphatic carbocycles. The van der Waals surface area contributed by atoms with E-state index in [0.717, 1.165) is 47.3 Å². The second-order valence-electron chi connectivity index (χ2n) is 4.59. The van der Waals surface area contributed by atoms with Gasteiger partial charge in [-0.2, -0.15) is 0 Å². The largest absolute Gasteiger partial charge is 0.493 e. The van der Waals surface area contributed by atoms with Crippen LogP contribution in [0, 0.1) is 0 Å². The van der Waals surface area contributed by atoms with Crippen molar-refractivity contribution in [2.45, 2.75) is 26.8 Å². The molecule has 1 N–H and O–H groups in total. The van der Waals surface area contributed by atoms with Crippen LogP contribution in [-0.2, 0) is 6.54 Å². The van der Waals surface area contributed by atoms with Gasteiger partial charge in [-0.3, -0.25) is 0 Å². The second-order valence-corrected chi connectivity index (χ2v) is 5.45. The van der Waals surface area contributed by atoms with Gasteiger partial charge in [-0.25, -0.2) is 4.98 Å². The van der Waals surface area contributed by atoms with Gasteiger partial charge >= 0.3 is 0 Å². The number of thiazole rings is 1. The van der Waals surface area contributed by atoms with Crippen molar-refractivity contribution in [3.8, 4) is 22.1 Å². The van der Waals surface area contributed by atoms with Gasteiger partial charge in [0.1, 0.15) is 5.01 Å². The average molecular weight is 306 g/mol. The summed E-state index contributed by atoms with van der Waals surface area (Å²) in [5.41, 5.74) is 2.05. The molecule has 2 aromatic rings. The molecule has 1 aromatic heterocycles. The summed E-state index contributed by atoms with van der Waals surface area (Å²) in [7, 11) is 1.66. The topological polar surface area (TPSA) is 43.4 Å². The third kappa shape index (κ3) is 3.95. The van der Waals surface area contributed by atoms with Gasteiger partial charge in [0.15, 0.2) is 11.5 Å². The summed E-state index contributed by atoms with van der Waals surface area (Å²) < 4.78 is 11.1. The molecule has 0 amide bonds.